The summed E-state index contributed by atoms with van der Waals surface area (Å²) in [5.41, 5.74) is 10.2. The average Bonchev–Trinajstić information content (AvgIpc) is 3.44. The van der Waals surface area contributed by atoms with Crippen LogP contribution >= 0.6 is 0 Å². The highest BCUT2D eigenvalue weighted by atomic mass is 15.3. The summed E-state index contributed by atoms with van der Waals surface area (Å²) in [7, 11) is 0. The minimum absolute atomic E-state index is 0.694. The molecule has 1 aliphatic carbocycles. The molecule has 4 aromatic rings. The molecule has 0 fully saturated rings. The van der Waals surface area contributed by atoms with Crippen LogP contribution in [0.4, 0.5) is 0 Å². The van der Waals surface area contributed by atoms with Crippen molar-refractivity contribution < 1.29 is 0 Å². The molecule has 0 atom stereocenters. The van der Waals surface area contributed by atoms with Gasteiger partial charge >= 0.3 is 0 Å². The van der Waals surface area contributed by atoms with Crippen molar-refractivity contribution in [3.63, 3.8) is 0 Å². The van der Waals surface area contributed by atoms with Crippen molar-refractivity contribution in [3.05, 3.63) is 119 Å². The zero-order chi connectivity index (χ0) is 22.1. The van der Waals surface area contributed by atoms with Crippen molar-refractivity contribution in [2.24, 2.45) is 0 Å². The lowest BCUT2D eigenvalue weighted by atomic mass is 10.0. The summed E-state index contributed by atoms with van der Waals surface area (Å²) < 4.78 is 2.04. The Kier molecular flexibility index (Phi) is 5.32. The molecule has 5 rings (SSSR count). The minimum atomic E-state index is 0.694. The van der Waals surface area contributed by atoms with Crippen molar-refractivity contribution >= 4 is 22.2 Å². The number of rotatable bonds is 6. The van der Waals surface area contributed by atoms with Crippen LogP contribution in [-0.2, 0) is 13.0 Å². The molecule has 32 heavy (non-hydrogen) atoms. The van der Waals surface area contributed by atoms with Gasteiger partial charge in [0, 0.05) is 5.39 Å². The predicted molar refractivity (Wildman–Crippen MR) is 133 cm³/mol. The number of benzene rings is 2. The second kappa shape index (κ2) is 8.43. The molecule has 1 aliphatic rings. The van der Waals surface area contributed by atoms with E-state index < -0.39 is 0 Å². The van der Waals surface area contributed by atoms with Crippen LogP contribution in [0.1, 0.15) is 47.0 Å². The number of pyridine rings is 1. The van der Waals surface area contributed by atoms with Gasteiger partial charge in [0.05, 0.1) is 17.9 Å². The molecule has 0 unspecified atom stereocenters. The monoisotopic (exact) mass is 417 g/mol. The van der Waals surface area contributed by atoms with E-state index in [1.807, 2.05) is 4.68 Å². The molecule has 2 heterocycles. The van der Waals surface area contributed by atoms with Crippen LogP contribution in [-0.4, -0.2) is 14.8 Å². The number of nitrogens with zero attached hydrogens (tertiary/aromatic N) is 3. The lowest BCUT2D eigenvalue weighted by Crippen LogP contribution is -2.04. The molecule has 0 saturated heterocycles. The number of aryl methyl sites for hydroxylation is 1. The second-order valence-corrected chi connectivity index (χ2v) is 8.58. The summed E-state index contributed by atoms with van der Waals surface area (Å²) >= 11 is 0. The average molecular weight is 418 g/mol. The number of hydrogen-bond donors (Lipinski definition) is 0. The first-order valence-corrected chi connectivity index (χ1v) is 11.1. The van der Waals surface area contributed by atoms with E-state index in [-0.39, 0.29) is 0 Å². The highest BCUT2D eigenvalue weighted by molar-refractivity contribution is 5.93. The number of hydrogen-bond acceptors (Lipinski definition) is 2. The van der Waals surface area contributed by atoms with E-state index in [1.54, 1.807) is 0 Å². The first-order chi connectivity index (χ1) is 15.6. The fourth-order valence-electron chi connectivity index (χ4n) is 4.37. The van der Waals surface area contributed by atoms with Crippen LogP contribution in [0.15, 0.2) is 85.5 Å². The largest absolute Gasteiger partial charge is 0.243 e. The molecule has 2 aromatic heterocycles. The molecule has 3 heteroatoms. The fourth-order valence-corrected chi connectivity index (χ4v) is 4.37. The van der Waals surface area contributed by atoms with E-state index in [0.717, 1.165) is 46.4 Å². The molecule has 0 radical (unpaired) electrons. The Labute approximate surface area is 189 Å². The van der Waals surface area contributed by atoms with Gasteiger partial charge in [0.1, 0.15) is 0 Å². The molecule has 0 saturated carbocycles. The number of allylic oxidation sites excluding steroid dienone is 5. The Morgan fingerprint density at radius 2 is 1.72 bits per heavy atom. The maximum Gasteiger partial charge on any atom is 0.159 e. The van der Waals surface area contributed by atoms with E-state index in [2.05, 4.69) is 99.3 Å². The molecule has 0 aliphatic heterocycles. The Morgan fingerprint density at radius 3 is 2.41 bits per heavy atom. The normalized spacial score (nSPS) is 13.0. The van der Waals surface area contributed by atoms with Gasteiger partial charge in [-0.05, 0) is 60.6 Å². The third-order valence-corrected chi connectivity index (χ3v) is 6.04. The van der Waals surface area contributed by atoms with E-state index in [4.69, 9.17) is 10.1 Å². The topological polar surface area (TPSA) is 30.7 Å². The van der Waals surface area contributed by atoms with Gasteiger partial charge < -0.3 is 0 Å². The molecule has 0 spiro atoms. The Bertz CT molecular complexity index is 1350. The van der Waals surface area contributed by atoms with Crippen molar-refractivity contribution in [1.29, 1.82) is 0 Å². The number of aromatic nitrogens is 3. The van der Waals surface area contributed by atoms with E-state index in [1.165, 1.54) is 22.3 Å². The van der Waals surface area contributed by atoms with Gasteiger partial charge in [0.15, 0.2) is 5.65 Å². The molecule has 3 nitrogen and oxygen atoms in total. The van der Waals surface area contributed by atoms with Gasteiger partial charge in [-0.1, -0.05) is 85.0 Å². The van der Waals surface area contributed by atoms with Crippen LogP contribution < -0.4 is 0 Å². The Balaban J connectivity index is 1.48. The SMILES string of the molecule is C=C(C)c1cc(C2=CC=CC2)nc2c1c(C)nn2Cc1ccc(Cc2ccccc2)cc1. The maximum absolute atomic E-state index is 5.04. The van der Waals surface area contributed by atoms with Gasteiger partial charge in [0.25, 0.3) is 0 Å². The summed E-state index contributed by atoms with van der Waals surface area (Å²) in [6, 6.07) is 21.6. The van der Waals surface area contributed by atoms with Crippen LogP contribution in [0.2, 0.25) is 0 Å². The van der Waals surface area contributed by atoms with Gasteiger partial charge in [-0.15, -0.1) is 0 Å². The molecular formula is C29H27N3. The van der Waals surface area contributed by atoms with Crippen molar-refractivity contribution in [2.75, 3.05) is 0 Å². The molecular weight excluding hydrogens is 390 g/mol. The predicted octanol–water partition coefficient (Wildman–Crippen LogP) is 6.76. The fraction of sp³-hybridized carbons (Fsp3) is 0.172. The zero-order valence-electron chi connectivity index (χ0n) is 18.7. The second-order valence-electron chi connectivity index (χ2n) is 8.58. The summed E-state index contributed by atoms with van der Waals surface area (Å²) in [6.07, 6.45) is 8.28. The van der Waals surface area contributed by atoms with Crippen LogP contribution in [0.5, 0.6) is 0 Å². The van der Waals surface area contributed by atoms with Gasteiger partial charge in [-0.3, -0.25) is 0 Å². The van der Waals surface area contributed by atoms with E-state index >= 15 is 0 Å². The van der Waals surface area contributed by atoms with Crippen LogP contribution in [0, 0.1) is 6.92 Å². The highest BCUT2D eigenvalue weighted by Crippen LogP contribution is 2.31. The first kappa shape index (κ1) is 20.2. The zero-order valence-corrected chi connectivity index (χ0v) is 18.7. The van der Waals surface area contributed by atoms with E-state index in [0.29, 0.717) is 6.54 Å². The van der Waals surface area contributed by atoms with Crippen molar-refractivity contribution in [3.8, 4) is 0 Å². The molecule has 2 aromatic carbocycles. The minimum Gasteiger partial charge on any atom is -0.243 e. The lowest BCUT2D eigenvalue weighted by Gasteiger charge is -2.10. The molecule has 0 N–H and O–H groups in total. The standard InChI is InChI=1S/C29H27N3/c1-20(2)26-18-27(25-11-7-8-12-25)30-29-28(26)21(3)31-32(29)19-24-15-13-23(14-16-24)17-22-9-5-4-6-10-22/h4-11,13-16,18H,1,12,17,19H2,2-3H3. The van der Waals surface area contributed by atoms with Crippen molar-refractivity contribution in [2.45, 2.75) is 33.2 Å². The third kappa shape index (κ3) is 3.94. The van der Waals surface area contributed by atoms with Gasteiger partial charge in [0.2, 0.25) is 0 Å². The van der Waals surface area contributed by atoms with Gasteiger partial charge in [-0.2, -0.15) is 5.10 Å². The van der Waals surface area contributed by atoms with Gasteiger partial charge in [-0.25, -0.2) is 9.67 Å². The summed E-state index contributed by atoms with van der Waals surface area (Å²) in [4.78, 5) is 5.04. The highest BCUT2D eigenvalue weighted by Gasteiger charge is 2.17. The molecule has 0 bridgehead atoms. The third-order valence-electron chi connectivity index (χ3n) is 6.04. The molecule has 158 valence electrons. The maximum atomic E-state index is 5.04. The summed E-state index contributed by atoms with van der Waals surface area (Å²) in [6.45, 7) is 9.03. The quantitative estimate of drug-likeness (QED) is 0.347. The lowest BCUT2D eigenvalue weighted by molar-refractivity contribution is 0.695. The van der Waals surface area contributed by atoms with Crippen molar-refractivity contribution in [1.82, 2.24) is 14.8 Å². The summed E-state index contributed by atoms with van der Waals surface area (Å²) in [5, 5.41) is 5.97. The Morgan fingerprint density at radius 1 is 1.00 bits per heavy atom. The Hall–Kier alpha value is -3.72. The van der Waals surface area contributed by atoms with Crippen LogP contribution in [0.25, 0.3) is 22.2 Å². The smallest absolute Gasteiger partial charge is 0.159 e. The van der Waals surface area contributed by atoms with E-state index in [9.17, 15) is 0 Å². The number of fused-ring (bicyclic) bond motifs is 1. The first-order valence-electron chi connectivity index (χ1n) is 11.1. The summed E-state index contributed by atoms with van der Waals surface area (Å²) in [5.74, 6) is 0. The molecule has 0 amide bonds. The van der Waals surface area contributed by atoms with Crippen LogP contribution in [0.3, 0.4) is 0 Å².